The standard InChI is InChI=1S/C20H33F3O/c1-5-6-14(2)16-8-7-15-13-18(3,24)11-12-19(15,4)17(16)9-10-20(21,22)23/h7,14,16-17,24H,5-6,8-13H2,1-4H3/t14-,16?,17-,18-,19-/m0/s1. The molecule has 1 saturated carbocycles. The van der Waals surface area contributed by atoms with Crippen molar-refractivity contribution < 1.29 is 18.3 Å². The Morgan fingerprint density at radius 1 is 1.29 bits per heavy atom. The predicted octanol–water partition coefficient (Wildman–Crippen LogP) is 6.27. The van der Waals surface area contributed by atoms with Crippen molar-refractivity contribution in [3.63, 3.8) is 0 Å². The van der Waals surface area contributed by atoms with Crippen LogP contribution in [0.25, 0.3) is 0 Å². The fraction of sp³-hybridized carbons (Fsp3) is 0.900. The molecule has 4 heteroatoms. The van der Waals surface area contributed by atoms with Gasteiger partial charge in [-0.15, -0.1) is 0 Å². The maximum atomic E-state index is 12.9. The first-order valence-electron chi connectivity index (χ1n) is 9.47. The third kappa shape index (κ3) is 4.36. The van der Waals surface area contributed by atoms with Gasteiger partial charge >= 0.3 is 6.18 Å². The molecule has 1 unspecified atom stereocenters. The van der Waals surface area contributed by atoms with E-state index in [0.717, 1.165) is 25.7 Å². The van der Waals surface area contributed by atoms with Crippen LogP contribution in [-0.2, 0) is 0 Å². The Kier molecular flexibility index (Phi) is 5.79. The minimum absolute atomic E-state index is 0.0665. The maximum absolute atomic E-state index is 12.9. The molecule has 1 nitrogen and oxygen atoms in total. The molecule has 2 aliphatic rings. The molecule has 2 aliphatic carbocycles. The summed E-state index contributed by atoms with van der Waals surface area (Å²) >= 11 is 0. The summed E-state index contributed by atoms with van der Waals surface area (Å²) in [5.41, 5.74) is 0.311. The Bertz CT molecular complexity index is 466. The van der Waals surface area contributed by atoms with E-state index >= 15 is 0 Å². The minimum Gasteiger partial charge on any atom is -0.390 e. The zero-order valence-corrected chi connectivity index (χ0v) is 15.5. The smallest absolute Gasteiger partial charge is 0.389 e. The summed E-state index contributed by atoms with van der Waals surface area (Å²) in [6.07, 6.45) is 2.79. The number of hydrogen-bond donors (Lipinski definition) is 1. The molecule has 0 radical (unpaired) electrons. The molecule has 0 aromatic carbocycles. The molecule has 0 aromatic rings. The molecule has 1 fully saturated rings. The lowest BCUT2D eigenvalue weighted by atomic mass is 9.52. The topological polar surface area (TPSA) is 20.2 Å². The van der Waals surface area contributed by atoms with E-state index in [1.807, 2.05) is 6.92 Å². The van der Waals surface area contributed by atoms with E-state index < -0.39 is 18.2 Å². The van der Waals surface area contributed by atoms with Gasteiger partial charge in [-0.1, -0.05) is 45.3 Å². The van der Waals surface area contributed by atoms with Gasteiger partial charge in [0.25, 0.3) is 0 Å². The van der Waals surface area contributed by atoms with Gasteiger partial charge in [0.2, 0.25) is 0 Å². The Morgan fingerprint density at radius 3 is 2.54 bits per heavy atom. The molecule has 0 spiro atoms. The van der Waals surface area contributed by atoms with Crippen LogP contribution in [0.5, 0.6) is 0 Å². The van der Waals surface area contributed by atoms with E-state index in [1.54, 1.807) is 0 Å². The van der Waals surface area contributed by atoms with E-state index in [9.17, 15) is 18.3 Å². The Morgan fingerprint density at radius 2 is 1.96 bits per heavy atom. The number of hydrogen-bond acceptors (Lipinski definition) is 1. The zero-order chi connectivity index (χ0) is 18.2. The van der Waals surface area contributed by atoms with Crippen molar-refractivity contribution in [1.82, 2.24) is 0 Å². The highest BCUT2D eigenvalue weighted by molar-refractivity contribution is 5.25. The quantitative estimate of drug-likeness (QED) is 0.582. The molecule has 0 aromatic heterocycles. The van der Waals surface area contributed by atoms with Crippen LogP contribution in [-0.4, -0.2) is 16.9 Å². The largest absolute Gasteiger partial charge is 0.390 e. The summed E-state index contributed by atoms with van der Waals surface area (Å²) in [6.45, 7) is 8.35. The Hall–Kier alpha value is -0.510. The fourth-order valence-corrected chi connectivity index (χ4v) is 5.18. The van der Waals surface area contributed by atoms with Gasteiger partial charge in [-0.05, 0) is 62.2 Å². The third-order valence-corrected chi connectivity index (χ3v) is 6.67. The van der Waals surface area contributed by atoms with Gasteiger partial charge in [-0.25, -0.2) is 0 Å². The Balaban J connectivity index is 2.28. The predicted molar refractivity (Wildman–Crippen MR) is 91.6 cm³/mol. The fourth-order valence-electron chi connectivity index (χ4n) is 5.18. The second-order valence-corrected chi connectivity index (χ2v) is 8.75. The third-order valence-electron chi connectivity index (χ3n) is 6.67. The molecule has 0 aliphatic heterocycles. The highest BCUT2D eigenvalue weighted by atomic mass is 19.4. The molecule has 0 heterocycles. The molecular formula is C20H33F3O. The van der Waals surface area contributed by atoms with Crippen LogP contribution in [0.4, 0.5) is 13.2 Å². The number of aliphatic hydroxyl groups is 1. The van der Waals surface area contributed by atoms with E-state index in [4.69, 9.17) is 0 Å². The van der Waals surface area contributed by atoms with Gasteiger partial charge in [0.1, 0.15) is 0 Å². The van der Waals surface area contributed by atoms with E-state index in [-0.39, 0.29) is 17.8 Å². The second kappa shape index (κ2) is 7.01. The summed E-state index contributed by atoms with van der Waals surface area (Å²) in [6, 6.07) is 0. The van der Waals surface area contributed by atoms with E-state index in [2.05, 4.69) is 26.8 Å². The van der Waals surface area contributed by atoms with Gasteiger partial charge < -0.3 is 5.11 Å². The van der Waals surface area contributed by atoms with Crippen molar-refractivity contribution in [1.29, 1.82) is 0 Å². The van der Waals surface area contributed by atoms with Gasteiger partial charge in [-0.3, -0.25) is 0 Å². The summed E-state index contributed by atoms with van der Waals surface area (Å²) < 4.78 is 38.7. The van der Waals surface area contributed by atoms with Crippen molar-refractivity contribution in [3.05, 3.63) is 11.6 Å². The first kappa shape index (κ1) is 19.8. The molecule has 0 saturated heterocycles. The molecule has 1 N–H and O–H groups in total. The van der Waals surface area contributed by atoms with Crippen LogP contribution in [0.15, 0.2) is 11.6 Å². The lowest BCUT2D eigenvalue weighted by Crippen LogP contribution is -2.47. The summed E-state index contributed by atoms with van der Waals surface area (Å²) in [5.74, 6) is 0.839. The van der Waals surface area contributed by atoms with E-state index in [1.165, 1.54) is 5.57 Å². The molecular weight excluding hydrogens is 313 g/mol. The summed E-state index contributed by atoms with van der Waals surface area (Å²) in [7, 11) is 0. The van der Waals surface area contributed by atoms with Crippen LogP contribution < -0.4 is 0 Å². The number of alkyl halides is 3. The monoisotopic (exact) mass is 346 g/mol. The molecule has 2 rings (SSSR count). The lowest BCUT2D eigenvalue weighted by Gasteiger charge is -2.53. The second-order valence-electron chi connectivity index (χ2n) is 8.75. The van der Waals surface area contributed by atoms with Crippen LogP contribution in [0.1, 0.15) is 79.1 Å². The number of allylic oxidation sites excluding steroid dienone is 1. The highest BCUT2D eigenvalue weighted by Gasteiger charge is 2.50. The Labute approximate surface area is 144 Å². The average molecular weight is 346 g/mol. The lowest BCUT2D eigenvalue weighted by molar-refractivity contribution is -0.143. The van der Waals surface area contributed by atoms with Crippen LogP contribution >= 0.6 is 0 Å². The molecule has 24 heavy (non-hydrogen) atoms. The van der Waals surface area contributed by atoms with Crippen molar-refractivity contribution in [2.75, 3.05) is 0 Å². The van der Waals surface area contributed by atoms with Gasteiger partial charge in [0.05, 0.1) is 5.60 Å². The molecule has 0 bridgehead atoms. The number of rotatable bonds is 5. The van der Waals surface area contributed by atoms with E-state index in [0.29, 0.717) is 24.7 Å². The first-order chi connectivity index (χ1) is 11.0. The van der Waals surface area contributed by atoms with Crippen molar-refractivity contribution in [2.24, 2.45) is 23.2 Å². The van der Waals surface area contributed by atoms with Crippen molar-refractivity contribution in [2.45, 2.75) is 90.8 Å². The summed E-state index contributed by atoms with van der Waals surface area (Å²) in [5, 5.41) is 10.4. The molecule has 0 amide bonds. The zero-order valence-electron chi connectivity index (χ0n) is 15.5. The van der Waals surface area contributed by atoms with Crippen LogP contribution in [0.3, 0.4) is 0 Å². The normalized spacial score (nSPS) is 38.4. The molecule has 140 valence electrons. The van der Waals surface area contributed by atoms with Crippen LogP contribution in [0, 0.1) is 23.2 Å². The maximum Gasteiger partial charge on any atom is 0.389 e. The van der Waals surface area contributed by atoms with Gasteiger partial charge in [-0.2, -0.15) is 13.2 Å². The average Bonchev–Trinajstić information content (AvgIpc) is 2.44. The number of halogens is 3. The van der Waals surface area contributed by atoms with Gasteiger partial charge in [0.15, 0.2) is 0 Å². The van der Waals surface area contributed by atoms with Crippen LogP contribution in [0.2, 0.25) is 0 Å². The van der Waals surface area contributed by atoms with Crippen molar-refractivity contribution >= 4 is 0 Å². The minimum atomic E-state index is -4.09. The SMILES string of the molecule is CCC[C@H](C)C1CC=C2C[C@@](C)(O)CC[C@]2(C)[C@H]1CCC(F)(F)F. The van der Waals surface area contributed by atoms with Gasteiger partial charge in [0, 0.05) is 6.42 Å². The molecule has 5 atom stereocenters. The highest BCUT2D eigenvalue weighted by Crippen LogP contribution is 2.57. The summed E-state index contributed by atoms with van der Waals surface area (Å²) in [4.78, 5) is 0. The number of fused-ring (bicyclic) bond motifs is 1. The first-order valence-corrected chi connectivity index (χ1v) is 9.47. The van der Waals surface area contributed by atoms with Crippen molar-refractivity contribution in [3.8, 4) is 0 Å².